The summed E-state index contributed by atoms with van der Waals surface area (Å²) in [5.41, 5.74) is 4.32. The van der Waals surface area contributed by atoms with Gasteiger partial charge in [-0.15, -0.1) is 0 Å². The van der Waals surface area contributed by atoms with Gasteiger partial charge >= 0.3 is 5.97 Å². The summed E-state index contributed by atoms with van der Waals surface area (Å²) in [6, 6.07) is 18.2. The molecule has 2 aromatic carbocycles. The Morgan fingerprint density at radius 3 is 2.70 bits per heavy atom. The van der Waals surface area contributed by atoms with Crippen molar-refractivity contribution in [1.29, 1.82) is 0 Å². The van der Waals surface area contributed by atoms with Crippen LogP contribution in [0.1, 0.15) is 41.8 Å². The number of esters is 1. The van der Waals surface area contributed by atoms with E-state index in [0.717, 1.165) is 23.4 Å². The number of fused-ring (bicyclic) bond motifs is 1. The van der Waals surface area contributed by atoms with Gasteiger partial charge in [0.05, 0.1) is 31.4 Å². The van der Waals surface area contributed by atoms with Crippen molar-refractivity contribution in [2.45, 2.75) is 45.1 Å². The van der Waals surface area contributed by atoms with Crippen molar-refractivity contribution >= 4 is 5.97 Å². The van der Waals surface area contributed by atoms with Crippen molar-refractivity contribution in [3.8, 4) is 11.5 Å². The maximum Gasteiger partial charge on any atom is 0.306 e. The van der Waals surface area contributed by atoms with Crippen LogP contribution in [-0.4, -0.2) is 30.3 Å². The van der Waals surface area contributed by atoms with E-state index in [9.17, 15) is 4.79 Å². The first-order valence-corrected chi connectivity index (χ1v) is 10.5. The Labute approximate surface area is 177 Å². The minimum absolute atomic E-state index is 0.0264. The van der Waals surface area contributed by atoms with Gasteiger partial charge in [0.25, 0.3) is 0 Å². The number of oxazole rings is 1. The molecule has 0 spiro atoms. The molecule has 0 radical (unpaired) electrons. The second-order valence-corrected chi connectivity index (χ2v) is 7.57. The van der Waals surface area contributed by atoms with Gasteiger partial charge in [0, 0.05) is 17.9 Å². The van der Waals surface area contributed by atoms with Gasteiger partial charge in [-0.3, -0.25) is 4.79 Å². The minimum Gasteiger partial charge on any atom is -0.466 e. The van der Waals surface area contributed by atoms with Gasteiger partial charge < -0.3 is 13.9 Å². The lowest BCUT2D eigenvalue weighted by Gasteiger charge is -2.20. The first kappa shape index (κ1) is 20.4. The number of benzene rings is 2. The van der Waals surface area contributed by atoms with Gasteiger partial charge in [-0.1, -0.05) is 42.5 Å². The molecule has 1 aliphatic carbocycles. The van der Waals surface area contributed by atoms with E-state index in [4.69, 9.17) is 13.9 Å². The Morgan fingerprint density at radius 1 is 1.13 bits per heavy atom. The normalized spacial score (nSPS) is 17.7. The Balaban J connectivity index is 1.41. The number of ether oxygens (including phenoxy) is 2. The molecule has 2 unspecified atom stereocenters. The molecule has 5 nitrogen and oxygen atoms in total. The van der Waals surface area contributed by atoms with Gasteiger partial charge in [0.15, 0.2) is 0 Å². The van der Waals surface area contributed by atoms with Crippen LogP contribution in [0.5, 0.6) is 0 Å². The van der Waals surface area contributed by atoms with Gasteiger partial charge in [-0.25, -0.2) is 4.98 Å². The molecule has 2 atom stereocenters. The van der Waals surface area contributed by atoms with Crippen molar-refractivity contribution in [2.24, 2.45) is 0 Å². The highest BCUT2D eigenvalue weighted by atomic mass is 16.5. The van der Waals surface area contributed by atoms with Crippen LogP contribution < -0.4 is 0 Å². The Kier molecular flexibility index (Phi) is 6.29. The number of hydrogen-bond acceptors (Lipinski definition) is 5. The molecule has 156 valence electrons. The number of carbonyl (C=O) groups is 1. The summed E-state index contributed by atoms with van der Waals surface area (Å²) in [6.07, 6.45) is 1.79. The van der Waals surface area contributed by atoms with Crippen molar-refractivity contribution in [3.63, 3.8) is 0 Å². The molecule has 1 aliphatic rings. The fourth-order valence-corrected chi connectivity index (χ4v) is 4.13. The Bertz CT molecular complexity index is 995. The van der Waals surface area contributed by atoms with E-state index in [0.29, 0.717) is 31.9 Å². The van der Waals surface area contributed by atoms with Crippen LogP contribution in [0.25, 0.3) is 11.5 Å². The zero-order valence-electron chi connectivity index (χ0n) is 17.5. The van der Waals surface area contributed by atoms with Gasteiger partial charge in [-0.05, 0) is 43.5 Å². The van der Waals surface area contributed by atoms with Crippen LogP contribution in [0, 0.1) is 6.92 Å². The summed E-state index contributed by atoms with van der Waals surface area (Å²) in [7, 11) is 0. The standard InChI is InChI=1S/C25H27NO4/c1-3-28-24(27)16-21-20-12-8-7-11-19(20)15-23(21)29-14-13-22-17(2)30-25(26-22)18-9-5-4-6-10-18/h4-12,21,23H,3,13-16H2,1-2H3. The molecule has 0 bridgehead atoms. The summed E-state index contributed by atoms with van der Waals surface area (Å²) in [5, 5.41) is 0. The third kappa shape index (κ3) is 4.46. The summed E-state index contributed by atoms with van der Waals surface area (Å²) in [5.74, 6) is 1.30. The molecule has 1 aromatic heterocycles. The number of rotatable bonds is 8. The quantitative estimate of drug-likeness (QED) is 0.500. The molecule has 0 fully saturated rings. The molecule has 4 rings (SSSR count). The number of carbonyl (C=O) groups excluding carboxylic acids is 1. The van der Waals surface area contributed by atoms with Crippen LogP contribution in [0.15, 0.2) is 59.0 Å². The second-order valence-electron chi connectivity index (χ2n) is 7.57. The maximum atomic E-state index is 12.1. The number of aryl methyl sites for hydroxylation is 1. The number of nitrogens with zero attached hydrogens (tertiary/aromatic N) is 1. The molecule has 3 aromatic rings. The third-order valence-electron chi connectivity index (χ3n) is 5.60. The summed E-state index contributed by atoms with van der Waals surface area (Å²) in [4.78, 5) is 16.8. The first-order valence-electron chi connectivity index (χ1n) is 10.5. The Morgan fingerprint density at radius 2 is 1.90 bits per heavy atom. The van der Waals surface area contributed by atoms with Crippen LogP contribution >= 0.6 is 0 Å². The molecule has 0 aliphatic heterocycles. The number of hydrogen-bond donors (Lipinski definition) is 0. The molecule has 5 heteroatoms. The van der Waals surface area contributed by atoms with E-state index in [2.05, 4.69) is 17.1 Å². The fraction of sp³-hybridized carbons (Fsp3) is 0.360. The molecule has 1 heterocycles. The van der Waals surface area contributed by atoms with E-state index in [-0.39, 0.29) is 18.0 Å². The SMILES string of the molecule is CCOC(=O)CC1c2ccccc2CC1OCCc1nc(-c2ccccc2)oc1C. The molecular formula is C25H27NO4. The van der Waals surface area contributed by atoms with Crippen molar-refractivity contribution in [2.75, 3.05) is 13.2 Å². The molecule has 0 saturated heterocycles. The van der Waals surface area contributed by atoms with E-state index < -0.39 is 0 Å². The average Bonchev–Trinajstić information content (AvgIpc) is 3.30. The highest BCUT2D eigenvalue weighted by molar-refractivity contribution is 5.71. The smallest absolute Gasteiger partial charge is 0.306 e. The van der Waals surface area contributed by atoms with Crippen LogP contribution in [-0.2, 0) is 27.1 Å². The van der Waals surface area contributed by atoms with Crippen molar-refractivity contribution in [3.05, 3.63) is 77.2 Å². The van der Waals surface area contributed by atoms with E-state index in [1.807, 2.05) is 56.3 Å². The molecule has 0 saturated carbocycles. The van der Waals surface area contributed by atoms with E-state index >= 15 is 0 Å². The van der Waals surface area contributed by atoms with Crippen LogP contribution in [0.3, 0.4) is 0 Å². The predicted molar refractivity (Wildman–Crippen MR) is 114 cm³/mol. The van der Waals surface area contributed by atoms with E-state index in [1.165, 1.54) is 11.1 Å². The lowest BCUT2D eigenvalue weighted by Crippen LogP contribution is -2.23. The maximum absolute atomic E-state index is 12.1. The highest BCUT2D eigenvalue weighted by Gasteiger charge is 2.34. The third-order valence-corrected chi connectivity index (χ3v) is 5.60. The van der Waals surface area contributed by atoms with Crippen molar-refractivity contribution < 1.29 is 18.7 Å². The highest BCUT2D eigenvalue weighted by Crippen LogP contribution is 2.37. The summed E-state index contributed by atoms with van der Waals surface area (Å²) in [6.45, 7) is 4.69. The van der Waals surface area contributed by atoms with Gasteiger partial charge in [-0.2, -0.15) is 0 Å². The first-order chi connectivity index (χ1) is 14.7. The monoisotopic (exact) mass is 405 g/mol. The van der Waals surface area contributed by atoms with Crippen LogP contribution in [0.2, 0.25) is 0 Å². The lowest BCUT2D eigenvalue weighted by molar-refractivity contribution is -0.144. The average molecular weight is 405 g/mol. The lowest BCUT2D eigenvalue weighted by atomic mass is 9.96. The molecular weight excluding hydrogens is 378 g/mol. The number of aromatic nitrogens is 1. The molecule has 0 N–H and O–H groups in total. The predicted octanol–water partition coefficient (Wildman–Crippen LogP) is 4.87. The van der Waals surface area contributed by atoms with E-state index in [1.54, 1.807) is 0 Å². The fourth-order valence-electron chi connectivity index (χ4n) is 4.13. The summed E-state index contributed by atoms with van der Waals surface area (Å²) < 4.78 is 17.3. The zero-order chi connectivity index (χ0) is 20.9. The summed E-state index contributed by atoms with van der Waals surface area (Å²) >= 11 is 0. The molecule has 0 amide bonds. The zero-order valence-corrected chi connectivity index (χ0v) is 17.5. The largest absolute Gasteiger partial charge is 0.466 e. The van der Waals surface area contributed by atoms with Gasteiger partial charge in [0.1, 0.15) is 5.76 Å². The Hall–Kier alpha value is -2.92. The molecule has 30 heavy (non-hydrogen) atoms. The topological polar surface area (TPSA) is 61.6 Å². The minimum atomic E-state index is -0.173. The van der Waals surface area contributed by atoms with Crippen LogP contribution in [0.4, 0.5) is 0 Å². The van der Waals surface area contributed by atoms with Gasteiger partial charge in [0.2, 0.25) is 5.89 Å². The van der Waals surface area contributed by atoms with Crippen molar-refractivity contribution in [1.82, 2.24) is 4.98 Å². The second kappa shape index (κ2) is 9.26.